The van der Waals surface area contributed by atoms with Gasteiger partial charge in [0, 0.05) is 18.4 Å². The summed E-state index contributed by atoms with van der Waals surface area (Å²) in [6.07, 6.45) is 2.24. The average molecular weight is 816 g/mol. The molecule has 0 N–H and O–H groups in total. The van der Waals surface area contributed by atoms with Gasteiger partial charge in [0.05, 0.1) is 26.3 Å². The number of hydrogen-bond donors (Lipinski definition) is 0. The van der Waals surface area contributed by atoms with Gasteiger partial charge in [0.25, 0.3) is 6.47 Å². The second-order valence-electron chi connectivity index (χ2n) is 11.8. The van der Waals surface area contributed by atoms with E-state index in [1.807, 2.05) is 0 Å². The van der Waals surface area contributed by atoms with E-state index in [1.165, 1.54) is 15.9 Å². The van der Waals surface area contributed by atoms with Crippen molar-refractivity contribution in [2.75, 3.05) is 44.7 Å². The van der Waals surface area contributed by atoms with E-state index < -0.39 is 46.7 Å². The third-order valence-corrected chi connectivity index (χ3v) is 6.11. The number of hydrogen-bond acceptors (Lipinski definition) is 13. The Labute approximate surface area is 383 Å². The molecule has 0 radical (unpaired) electrons. The maximum Gasteiger partial charge on any atom is 1.00 e. The summed E-state index contributed by atoms with van der Waals surface area (Å²) in [7, 11) is 0. The third-order valence-electron chi connectivity index (χ3n) is 5.65. The first-order chi connectivity index (χ1) is 21.7. The predicted octanol–water partition coefficient (Wildman–Crippen LogP) is -2.96. The second kappa shape index (κ2) is 28.0. The first-order valence-corrected chi connectivity index (χ1v) is 15.7. The molecule has 15 nitrogen and oxygen atoms in total. The van der Waals surface area contributed by atoms with Gasteiger partial charge in [-0.3, -0.25) is 33.8 Å². The fraction of sp³-hybridized carbons (Fsp3) is 0.645. The summed E-state index contributed by atoms with van der Waals surface area (Å²) < 4.78 is 20.2. The molecule has 0 aromatic rings. The summed E-state index contributed by atoms with van der Waals surface area (Å²) in [6.45, 7) is 20.8. The van der Waals surface area contributed by atoms with Gasteiger partial charge < -0.3 is 30.5 Å². The number of carbonyl (C=O) groups excluding carboxylic acids is 7. The van der Waals surface area contributed by atoms with Crippen LogP contribution in [0.15, 0.2) is 25.3 Å². The molecule has 0 aromatic heterocycles. The number of esters is 2. The first kappa shape index (κ1) is 55.2. The predicted molar refractivity (Wildman–Crippen MR) is 172 cm³/mol. The van der Waals surface area contributed by atoms with Crippen LogP contribution in [0.3, 0.4) is 0 Å². The van der Waals surface area contributed by atoms with Crippen LogP contribution < -0.4 is 108 Å². The number of rotatable bonds is 8. The van der Waals surface area contributed by atoms with E-state index in [4.69, 9.17) is 29.0 Å². The van der Waals surface area contributed by atoms with Gasteiger partial charge in [-0.2, -0.15) is 0 Å². The van der Waals surface area contributed by atoms with Gasteiger partial charge in [-0.15, -0.1) is 13.2 Å². The Morgan fingerprint density at radius 2 is 1.37 bits per heavy atom. The van der Waals surface area contributed by atoms with Crippen LogP contribution in [-0.4, -0.2) is 108 Å². The van der Waals surface area contributed by atoms with Crippen molar-refractivity contribution >= 4 is 58.1 Å². The normalized spacial score (nSPS) is 17.7. The number of likely N-dealkylation sites (tertiary alicyclic amines) is 2. The molecule has 0 aliphatic carbocycles. The Balaban J connectivity index is -0.000000213. The van der Waals surface area contributed by atoms with Crippen molar-refractivity contribution in [3.05, 3.63) is 25.3 Å². The van der Waals surface area contributed by atoms with Crippen LogP contribution >= 0.6 is 15.9 Å². The Kier molecular flexibility index (Phi) is 31.6. The summed E-state index contributed by atoms with van der Waals surface area (Å²) in [5, 5.41) is 9.33. The SMILES string of the molecule is C=CCBr.C=CCC1(C(=O)OCC)CN(C(=O)OC(C)(C)C)CC1=O.CCOC(=O)C1CN(C(=O)OC(C)(C)C)CC1=O.O=CO[O-].[H-].[K+].[K+]. The fourth-order valence-electron chi connectivity index (χ4n) is 3.81. The van der Waals surface area contributed by atoms with E-state index >= 15 is 0 Å². The molecule has 0 aromatic carbocycles. The molecule has 0 spiro atoms. The first-order valence-electron chi connectivity index (χ1n) is 14.6. The van der Waals surface area contributed by atoms with E-state index in [9.17, 15) is 28.8 Å². The Hall–Kier alpha value is -0.517. The number of carbonyl (C=O) groups is 7. The molecule has 2 fully saturated rings. The van der Waals surface area contributed by atoms with Gasteiger partial charge >= 0.3 is 127 Å². The Morgan fingerprint density at radius 3 is 1.73 bits per heavy atom. The summed E-state index contributed by atoms with van der Waals surface area (Å²) >= 11 is 3.13. The van der Waals surface area contributed by atoms with Crippen molar-refractivity contribution in [1.29, 1.82) is 0 Å². The quantitative estimate of drug-likeness (QED) is 0.0278. The molecule has 0 bridgehead atoms. The van der Waals surface area contributed by atoms with Crippen LogP contribution in [0, 0.1) is 11.3 Å². The molecule has 270 valence electrons. The van der Waals surface area contributed by atoms with E-state index in [-0.39, 0.29) is 168 Å². The largest absolute Gasteiger partial charge is 1.00 e. The van der Waals surface area contributed by atoms with Crippen LogP contribution in [-0.2, 0) is 47.8 Å². The molecular weight excluding hydrogens is 766 g/mol. The molecule has 0 saturated carbocycles. The Morgan fingerprint density at radius 1 is 0.918 bits per heavy atom. The van der Waals surface area contributed by atoms with E-state index in [0.29, 0.717) is 0 Å². The van der Waals surface area contributed by atoms with Crippen molar-refractivity contribution in [2.24, 2.45) is 11.3 Å². The number of Topliss-reactive ketones (excluding diaryl/α,β-unsaturated/α-hetero) is 2. The average Bonchev–Trinajstić information content (AvgIpc) is 3.53. The maximum atomic E-state index is 12.3. The van der Waals surface area contributed by atoms with Crippen LogP contribution in [0.5, 0.6) is 0 Å². The fourth-order valence-corrected chi connectivity index (χ4v) is 3.81. The standard InChI is InChI=1S/C15H23NO5.C12H19NO5.C3H5Br.CH2O3.2K.H/c1-6-8-15(12(18)20-7-2)10-16(9-11(15)17)13(19)21-14(3,4)5;1-5-17-10(15)8-6-13(7-9(8)14)11(16)18-12(2,3)4;1-2-3-4;2-1-4-3;;;/h6H,1,7-10H2,2-5H3;8H,5-7H2,1-4H3;2H,1,3H2;1,3H;;;/q;;;;2*+1;-1/p-1. The molecule has 2 saturated heterocycles. The van der Waals surface area contributed by atoms with E-state index in [2.05, 4.69) is 34.0 Å². The van der Waals surface area contributed by atoms with Crippen molar-refractivity contribution in [2.45, 2.75) is 73.0 Å². The molecule has 2 unspecified atom stereocenters. The maximum absolute atomic E-state index is 12.3. The molecule has 2 rings (SSSR count). The molecular formula is C31H49BrK2N2O13. The number of halogens is 1. The summed E-state index contributed by atoms with van der Waals surface area (Å²) in [5.41, 5.74) is -2.63. The number of ketones is 2. The second-order valence-corrected chi connectivity index (χ2v) is 12.5. The molecule has 2 aliphatic rings. The van der Waals surface area contributed by atoms with Crippen molar-refractivity contribution in [3.63, 3.8) is 0 Å². The van der Waals surface area contributed by atoms with Gasteiger partial charge in [0.1, 0.15) is 22.5 Å². The minimum atomic E-state index is -1.35. The number of nitrogens with zero attached hydrogens (tertiary/aromatic N) is 2. The Bertz CT molecular complexity index is 1110. The third kappa shape index (κ3) is 22.2. The monoisotopic (exact) mass is 814 g/mol. The van der Waals surface area contributed by atoms with Gasteiger partial charge in [-0.05, 0) is 61.8 Å². The molecule has 2 aliphatic heterocycles. The summed E-state index contributed by atoms with van der Waals surface area (Å²) in [5.74, 6) is -2.71. The number of allylic oxidation sites excluding steroid dienone is 2. The molecule has 2 heterocycles. The van der Waals surface area contributed by atoms with Gasteiger partial charge in [0.2, 0.25) is 0 Å². The smallest absolute Gasteiger partial charge is 1.00 e. The summed E-state index contributed by atoms with van der Waals surface area (Å²) in [4.78, 5) is 85.1. The molecule has 2 atom stereocenters. The van der Waals surface area contributed by atoms with Gasteiger partial charge in [0.15, 0.2) is 11.6 Å². The minimum Gasteiger partial charge on any atom is -1.00 e. The molecule has 18 heteroatoms. The summed E-state index contributed by atoms with van der Waals surface area (Å²) in [6, 6.07) is 0. The van der Waals surface area contributed by atoms with E-state index in [0.717, 1.165) is 5.33 Å². The van der Waals surface area contributed by atoms with Gasteiger partial charge in [-0.1, -0.05) is 28.1 Å². The van der Waals surface area contributed by atoms with E-state index in [1.54, 1.807) is 61.5 Å². The minimum absolute atomic E-state index is 0. The van der Waals surface area contributed by atoms with Crippen LogP contribution in [0.4, 0.5) is 9.59 Å². The number of alkyl halides is 1. The van der Waals surface area contributed by atoms with Crippen molar-refractivity contribution in [1.82, 2.24) is 9.80 Å². The van der Waals surface area contributed by atoms with Crippen LogP contribution in [0.2, 0.25) is 0 Å². The van der Waals surface area contributed by atoms with Gasteiger partial charge in [-0.25, -0.2) is 9.59 Å². The zero-order valence-electron chi connectivity index (χ0n) is 31.5. The van der Waals surface area contributed by atoms with Crippen LogP contribution in [0.25, 0.3) is 0 Å². The van der Waals surface area contributed by atoms with Crippen molar-refractivity contribution < 1.29 is 167 Å². The van der Waals surface area contributed by atoms with Crippen molar-refractivity contribution in [3.8, 4) is 0 Å². The number of ether oxygens (including phenoxy) is 4. The topological polar surface area (TPSA) is 195 Å². The zero-order valence-corrected chi connectivity index (χ0v) is 38.3. The molecule has 49 heavy (non-hydrogen) atoms. The molecule has 2 amide bonds. The number of amides is 2. The van der Waals surface area contributed by atoms with Crippen LogP contribution in [0.1, 0.15) is 63.2 Å². The zero-order chi connectivity index (χ0) is 37.0.